The maximum atomic E-state index is 12.3. The van der Waals surface area contributed by atoms with Crippen molar-refractivity contribution < 1.29 is 14.6 Å². The molecule has 0 bridgehead atoms. The van der Waals surface area contributed by atoms with Gasteiger partial charge in [0.15, 0.2) is 0 Å². The first kappa shape index (κ1) is 15.9. The number of aromatic hydroxyl groups is 1. The van der Waals surface area contributed by atoms with Gasteiger partial charge in [-0.1, -0.05) is 25.7 Å². The Kier molecular flexibility index (Phi) is 4.60. The molecule has 2 aromatic rings. The van der Waals surface area contributed by atoms with Gasteiger partial charge >= 0.3 is 5.97 Å². The highest BCUT2D eigenvalue weighted by Crippen LogP contribution is 2.32. The highest BCUT2D eigenvalue weighted by atomic mass is 16.5. The van der Waals surface area contributed by atoms with Gasteiger partial charge in [0.25, 0.3) is 0 Å². The molecule has 0 unspecified atom stereocenters. The smallest absolute Gasteiger partial charge is 0.340 e. The van der Waals surface area contributed by atoms with Crippen molar-refractivity contribution in [2.45, 2.75) is 52.5 Å². The SMILES string of the molecule is CCOC(=O)c1c(C)n(CCC2CCCC2)c2ccc(O)cc12. The van der Waals surface area contributed by atoms with Crippen LogP contribution in [0.3, 0.4) is 0 Å². The van der Waals surface area contributed by atoms with E-state index in [-0.39, 0.29) is 11.7 Å². The van der Waals surface area contributed by atoms with E-state index in [1.807, 2.05) is 19.9 Å². The molecule has 1 aromatic carbocycles. The normalized spacial score (nSPS) is 15.4. The topological polar surface area (TPSA) is 51.5 Å². The average molecular weight is 315 g/mol. The summed E-state index contributed by atoms with van der Waals surface area (Å²) in [4.78, 5) is 12.3. The van der Waals surface area contributed by atoms with Gasteiger partial charge in [-0.25, -0.2) is 4.79 Å². The van der Waals surface area contributed by atoms with E-state index in [0.717, 1.165) is 35.5 Å². The quantitative estimate of drug-likeness (QED) is 0.831. The first-order chi connectivity index (χ1) is 11.1. The molecule has 1 fully saturated rings. The van der Waals surface area contributed by atoms with Crippen LogP contribution in [-0.2, 0) is 11.3 Å². The molecule has 0 spiro atoms. The second-order valence-electron chi connectivity index (χ2n) is 6.47. The zero-order valence-corrected chi connectivity index (χ0v) is 14.0. The second-order valence-corrected chi connectivity index (χ2v) is 6.47. The van der Waals surface area contributed by atoms with Gasteiger partial charge in [0.05, 0.1) is 12.2 Å². The van der Waals surface area contributed by atoms with Crippen molar-refractivity contribution in [1.29, 1.82) is 0 Å². The fraction of sp³-hybridized carbons (Fsp3) is 0.526. The summed E-state index contributed by atoms with van der Waals surface area (Å²) in [6.45, 7) is 5.05. The molecule has 3 rings (SSSR count). The Balaban J connectivity index is 1.99. The molecule has 1 saturated carbocycles. The Labute approximate surface area is 137 Å². The lowest BCUT2D eigenvalue weighted by atomic mass is 10.0. The summed E-state index contributed by atoms with van der Waals surface area (Å²) in [7, 11) is 0. The van der Waals surface area contributed by atoms with Crippen molar-refractivity contribution in [3.8, 4) is 5.75 Å². The predicted octanol–water partition coefficient (Wildman–Crippen LogP) is 4.41. The number of aromatic nitrogens is 1. The highest BCUT2D eigenvalue weighted by molar-refractivity contribution is 6.06. The lowest BCUT2D eigenvalue weighted by Gasteiger charge is -2.12. The van der Waals surface area contributed by atoms with Crippen LogP contribution in [0.25, 0.3) is 10.9 Å². The fourth-order valence-corrected chi connectivity index (χ4v) is 3.83. The first-order valence-electron chi connectivity index (χ1n) is 8.60. The highest BCUT2D eigenvalue weighted by Gasteiger charge is 2.22. The molecule has 0 atom stereocenters. The summed E-state index contributed by atoms with van der Waals surface area (Å²) in [6, 6.07) is 5.25. The molecule has 4 heteroatoms. The van der Waals surface area contributed by atoms with E-state index in [2.05, 4.69) is 4.57 Å². The molecule has 1 aromatic heterocycles. The number of ether oxygens (including phenoxy) is 1. The van der Waals surface area contributed by atoms with Crippen LogP contribution in [0.1, 0.15) is 55.1 Å². The van der Waals surface area contributed by atoms with Crippen molar-refractivity contribution >= 4 is 16.9 Å². The minimum atomic E-state index is -0.305. The van der Waals surface area contributed by atoms with Gasteiger partial charge < -0.3 is 14.4 Å². The molecular weight excluding hydrogens is 290 g/mol. The van der Waals surface area contributed by atoms with Crippen LogP contribution < -0.4 is 0 Å². The number of benzene rings is 1. The van der Waals surface area contributed by atoms with Crippen molar-refractivity contribution in [1.82, 2.24) is 4.57 Å². The zero-order chi connectivity index (χ0) is 16.4. The lowest BCUT2D eigenvalue weighted by molar-refractivity contribution is 0.0527. The molecular formula is C19H25NO3. The standard InChI is InChI=1S/C19H25NO3/c1-3-23-19(22)18-13(2)20(11-10-14-6-4-5-7-14)17-9-8-15(21)12-16(17)18/h8-9,12,14,21H,3-7,10-11H2,1-2H3. The third-order valence-corrected chi connectivity index (χ3v) is 5.02. The number of carbonyl (C=O) groups is 1. The van der Waals surface area contributed by atoms with Crippen LogP contribution in [0.5, 0.6) is 5.75 Å². The van der Waals surface area contributed by atoms with Crippen LogP contribution >= 0.6 is 0 Å². The van der Waals surface area contributed by atoms with Gasteiger partial charge in [0.1, 0.15) is 5.75 Å². The number of hydrogen-bond acceptors (Lipinski definition) is 3. The molecule has 1 aliphatic rings. The number of esters is 1. The Morgan fingerprint density at radius 1 is 1.35 bits per heavy atom. The van der Waals surface area contributed by atoms with E-state index in [4.69, 9.17) is 4.74 Å². The van der Waals surface area contributed by atoms with Crippen LogP contribution in [0.2, 0.25) is 0 Å². The van der Waals surface area contributed by atoms with E-state index >= 15 is 0 Å². The van der Waals surface area contributed by atoms with Crippen LogP contribution in [0.15, 0.2) is 18.2 Å². The molecule has 1 aliphatic carbocycles. The summed E-state index contributed by atoms with van der Waals surface area (Å²) >= 11 is 0. The first-order valence-corrected chi connectivity index (χ1v) is 8.60. The number of carbonyl (C=O) groups excluding carboxylic acids is 1. The maximum Gasteiger partial charge on any atom is 0.340 e. The summed E-state index contributed by atoms with van der Waals surface area (Å²) in [5, 5.41) is 10.6. The van der Waals surface area contributed by atoms with Gasteiger partial charge in [-0.2, -0.15) is 0 Å². The predicted molar refractivity (Wildman–Crippen MR) is 90.9 cm³/mol. The Bertz CT molecular complexity index is 711. The largest absolute Gasteiger partial charge is 0.508 e. The number of nitrogens with zero attached hydrogens (tertiary/aromatic N) is 1. The van der Waals surface area contributed by atoms with Crippen LogP contribution in [-0.4, -0.2) is 22.2 Å². The lowest BCUT2D eigenvalue weighted by Crippen LogP contribution is -2.09. The third-order valence-electron chi connectivity index (χ3n) is 5.02. The molecule has 4 nitrogen and oxygen atoms in total. The molecule has 1 heterocycles. The molecule has 0 aliphatic heterocycles. The van der Waals surface area contributed by atoms with Crippen molar-refractivity contribution in [2.75, 3.05) is 6.61 Å². The molecule has 0 radical (unpaired) electrons. The van der Waals surface area contributed by atoms with E-state index in [0.29, 0.717) is 12.2 Å². The van der Waals surface area contributed by atoms with E-state index in [1.165, 1.54) is 25.7 Å². The van der Waals surface area contributed by atoms with E-state index in [1.54, 1.807) is 12.1 Å². The van der Waals surface area contributed by atoms with Crippen LogP contribution in [0, 0.1) is 12.8 Å². The van der Waals surface area contributed by atoms with Gasteiger partial charge in [0, 0.05) is 23.1 Å². The molecule has 124 valence electrons. The number of fused-ring (bicyclic) bond motifs is 1. The molecule has 0 amide bonds. The average Bonchev–Trinajstić information content (AvgIpc) is 3.11. The number of phenols is 1. The number of phenolic OH excluding ortho intramolecular Hbond substituents is 1. The summed E-state index contributed by atoms with van der Waals surface area (Å²) in [5.74, 6) is 0.672. The minimum Gasteiger partial charge on any atom is -0.508 e. The second kappa shape index (κ2) is 6.65. The van der Waals surface area contributed by atoms with Gasteiger partial charge in [-0.15, -0.1) is 0 Å². The molecule has 1 N–H and O–H groups in total. The van der Waals surface area contributed by atoms with Gasteiger partial charge in [-0.3, -0.25) is 0 Å². The van der Waals surface area contributed by atoms with Gasteiger partial charge in [-0.05, 0) is 44.4 Å². The summed E-state index contributed by atoms with van der Waals surface area (Å²) in [6.07, 6.45) is 6.48. The number of rotatable bonds is 5. The maximum absolute atomic E-state index is 12.3. The third kappa shape index (κ3) is 3.07. The van der Waals surface area contributed by atoms with E-state index in [9.17, 15) is 9.90 Å². The van der Waals surface area contributed by atoms with Crippen molar-refractivity contribution in [3.63, 3.8) is 0 Å². The van der Waals surface area contributed by atoms with E-state index < -0.39 is 0 Å². The minimum absolute atomic E-state index is 0.177. The van der Waals surface area contributed by atoms with Crippen molar-refractivity contribution in [2.24, 2.45) is 5.92 Å². The fourth-order valence-electron chi connectivity index (χ4n) is 3.83. The number of aryl methyl sites for hydroxylation is 1. The zero-order valence-electron chi connectivity index (χ0n) is 14.0. The Morgan fingerprint density at radius 2 is 2.09 bits per heavy atom. The van der Waals surface area contributed by atoms with Gasteiger partial charge in [0.2, 0.25) is 0 Å². The van der Waals surface area contributed by atoms with Crippen LogP contribution in [0.4, 0.5) is 0 Å². The molecule has 23 heavy (non-hydrogen) atoms. The number of hydrogen-bond donors (Lipinski definition) is 1. The molecule has 0 saturated heterocycles. The van der Waals surface area contributed by atoms with Crippen molar-refractivity contribution in [3.05, 3.63) is 29.5 Å². The summed E-state index contributed by atoms with van der Waals surface area (Å²) < 4.78 is 7.42. The summed E-state index contributed by atoms with van der Waals surface area (Å²) in [5.41, 5.74) is 2.52. The Hall–Kier alpha value is -1.97. The monoisotopic (exact) mass is 315 g/mol. The Morgan fingerprint density at radius 3 is 2.78 bits per heavy atom.